The highest BCUT2D eigenvalue weighted by molar-refractivity contribution is 14.1. The molecule has 0 spiro atoms. The Morgan fingerprint density at radius 3 is 2.54 bits per heavy atom. The first kappa shape index (κ1) is 11.3. The molecule has 0 radical (unpaired) electrons. The number of halogens is 2. The Kier molecular flexibility index (Phi) is 5.06. The fourth-order valence-corrected chi connectivity index (χ4v) is 1.42. The largest absolute Gasteiger partial charge is 0.309 e. The number of nitrogens with one attached hydrogen (secondary N) is 1. The van der Waals surface area contributed by atoms with E-state index in [1.165, 1.54) is 9.13 Å². The quantitative estimate of drug-likeness (QED) is 0.666. The minimum Gasteiger partial charge on any atom is -0.309 e. The molecule has 13 heavy (non-hydrogen) atoms. The van der Waals surface area contributed by atoms with Gasteiger partial charge in [0.15, 0.2) is 0 Å². The van der Waals surface area contributed by atoms with Gasteiger partial charge in [-0.25, -0.2) is 0 Å². The molecule has 1 nitrogen and oxygen atoms in total. The first-order valence-corrected chi connectivity index (χ1v) is 5.87. The first-order chi connectivity index (χ1) is 6.22. The number of rotatable bonds is 4. The van der Waals surface area contributed by atoms with E-state index < -0.39 is 0 Å². The third-order valence-electron chi connectivity index (χ3n) is 1.80. The first-order valence-electron chi connectivity index (χ1n) is 4.26. The van der Waals surface area contributed by atoms with Gasteiger partial charge in [0.25, 0.3) is 0 Å². The second-order valence-corrected chi connectivity index (χ2v) is 4.62. The van der Waals surface area contributed by atoms with Crippen molar-refractivity contribution in [3.05, 3.63) is 33.4 Å². The summed E-state index contributed by atoms with van der Waals surface area (Å²) in [6.45, 7) is 2.98. The van der Waals surface area contributed by atoms with Gasteiger partial charge in [-0.05, 0) is 47.2 Å². The second kappa shape index (κ2) is 5.83. The molecule has 0 amide bonds. The summed E-state index contributed by atoms with van der Waals surface area (Å²) in [4.78, 5) is 0. The number of benzene rings is 1. The molecule has 1 aromatic carbocycles. The van der Waals surface area contributed by atoms with E-state index in [9.17, 15) is 0 Å². The Morgan fingerprint density at radius 1 is 1.38 bits per heavy atom. The standard InChI is InChI=1S/C10H13ClIN/c1-8(6-11)13-7-9-2-4-10(12)5-3-9/h2-5,8,13H,6-7H2,1H3. The Labute approximate surface area is 98.0 Å². The van der Waals surface area contributed by atoms with Crippen LogP contribution in [0.1, 0.15) is 12.5 Å². The lowest BCUT2D eigenvalue weighted by molar-refractivity contribution is 0.593. The molecule has 1 unspecified atom stereocenters. The van der Waals surface area contributed by atoms with E-state index in [0.717, 1.165) is 6.54 Å². The molecule has 0 aromatic heterocycles. The maximum Gasteiger partial charge on any atom is 0.0374 e. The summed E-state index contributed by atoms with van der Waals surface area (Å²) in [6.07, 6.45) is 0. The smallest absolute Gasteiger partial charge is 0.0374 e. The predicted molar refractivity (Wildman–Crippen MR) is 66.2 cm³/mol. The fourth-order valence-electron chi connectivity index (χ4n) is 0.949. The summed E-state index contributed by atoms with van der Waals surface area (Å²) < 4.78 is 1.27. The van der Waals surface area contributed by atoms with E-state index in [1.54, 1.807) is 0 Å². The second-order valence-electron chi connectivity index (χ2n) is 3.06. The average Bonchev–Trinajstić information content (AvgIpc) is 2.16. The van der Waals surface area contributed by atoms with E-state index >= 15 is 0 Å². The molecule has 0 saturated heterocycles. The van der Waals surface area contributed by atoms with Crippen LogP contribution in [0.15, 0.2) is 24.3 Å². The summed E-state index contributed by atoms with van der Waals surface area (Å²) in [5, 5.41) is 3.33. The zero-order chi connectivity index (χ0) is 9.68. The fraction of sp³-hybridized carbons (Fsp3) is 0.400. The van der Waals surface area contributed by atoms with Gasteiger partial charge in [0.2, 0.25) is 0 Å². The van der Waals surface area contributed by atoms with Gasteiger partial charge in [-0.2, -0.15) is 0 Å². The minimum atomic E-state index is 0.376. The zero-order valence-electron chi connectivity index (χ0n) is 7.56. The van der Waals surface area contributed by atoms with Crippen LogP contribution < -0.4 is 5.32 Å². The average molecular weight is 310 g/mol. The molecule has 0 aliphatic rings. The molecule has 1 N–H and O–H groups in total. The Balaban J connectivity index is 2.41. The van der Waals surface area contributed by atoms with Gasteiger partial charge in [-0.1, -0.05) is 12.1 Å². The van der Waals surface area contributed by atoms with Crippen LogP contribution in [-0.2, 0) is 6.54 Å². The molecular weight excluding hydrogens is 296 g/mol. The lowest BCUT2D eigenvalue weighted by Crippen LogP contribution is -2.26. The molecule has 0 aliphatic heterocycles. The van der Waals surface area contributed by atoms with Gasteiger partial charge in [-0.3, -0.25) is 0 Å². The monoisotopic (exact) mass is 309 g/mol. The van der Waals surface area contributed by atoms with Crippen molar-refractivity contribution in [2.45, 2.75) is 19.5 Å². The highest BCUT2D eigenvalue weighted by Crippen LogP contribution is 2.06. The Morgan fingerprint density at radius 2 is 2.00 bits per heavy atom. The van der Waals surface area contributed by atoms with Gasteiger partial charge < -0.3 is 5.32 Å². The van der Waals surface area contributed by atoms with Crippen molar-refractivity contribution in [2.75, 3.05) is 5.88 Å². The number of hydrogen-bond acceptors (Lipinski definition) is 1. The van der Waals surface area contributed by atoms with Crippen molar-refractivity contribution in [3.63, 3.8) is 0 Å². The molecule has 0 heterocycles. The third kappa shape index (κ3) is 4.29. The van der Waals surface area contributed by atoms with Crippen LogP contribution in [-0.4, -0.2) is 11.9 Å². The van der Waals surface area contributed by atoms with Crippen molar-refractivity contribution >= 4 is 34.2 Å². The Bertz CT molecular complexity index is 248. The molecule has 1 atom stereocenters. The number of alkyl halides is 1. The SMILES string of the molecule is CC(CCl)NCc1ccc(I)cc1. The maximum atomic E-state index is 5.68. The zero-order valence-corrected chi connectivity index (χ0v) is 10.5. The van der Waals surface area contributed by atoms with E-state index in [-0.39, 0.29) is 0 Å². The minimum absolute atomic E-state index is 0.376. The van der Waals surface area contributed by atoms with Crippen molar-refractivity contribution in [1.82, 2.24) is 5.32 Å². The van der Waals surface area contributed by atoms with Crippen LogP contribution in [0, 0.1) is 3.57 Å². The van der Waals surface area contributed by atoms with Crippen molar-refractivity contribution in [2.24, 2.45) is 0 Å². The summed E-state index contributed by atoms with van der Waals surface area (Å²) in [5.74, 6) is 0.657. The van der Waals surface area contributed by atoms with Crippen LogP contribution >= 0.6 is 34.2 Å². The molecule has 1 aromatic rings. The van der Waals surface area contributed by atoms with Crippen molar-refractivity contribution in [1.29, 1.82) is 0 Å². The molecule has 0 bridgehead atoms. The van der Waals surface area contributed by atoms with Gasteiger partial charge in [-0.15, -0.1) is 11.6 Å². The topological polar surface area (TPSA) is 12.0 Å². The molecule has 3 heteroatoms. The van der Waals surface area contributed by atoms with E-state index in [2.05, 4.69) is 59.1 Å². The molecule has 72 valence electrons. The lowest BCUT2D eigenvalue weighted by atomic mass is 10.2. The molecule has 0 aliphatic carbocycles. The normalized spacial score (nSPS) is 12.8. The van der Waals surface area contributed by atoms with Crippen LogP contribution in [0.3, 0.4) is 0 Å². The molecular formula is C10H13ClIN. The molecule has 1 rings (SSSR count). The lowest BCUT2D eigenvalue weighted by Gasteiger charge is -2.09. The van der Waals surface area contributed by atoms with Gasteiger partial charge in [0.05, 0.1) is 0 Å². The highest BCUT2D eigenvalue weighted by Gasteiger charge is 1.98. The van der Waals surface area contributed by atoms with Gasteiger partial charge >= 0.3 is 0 Å². The van der Waals surface area contributed by atoms with Gasteiger partial charge in [0.1, 0.15) is 0 Å². The van der Waals surface area contributed by atoms with E-state index in [1.807, 2.05) is 0 Å². The third-order valence-corrected chi connectivity index (χ3v) is 2.98. The molecule has 0 fully saturated rings. The Hall–Kier alpha value is 0.200. The summed E-state index contributed by atoms with van der Waals surface area (Å²) in [5.41, 5.74) is 1.30. The van der Waals surface area contributed by atoms with E-state index in [0.29, 0.717) is 11.9 Å². The highest BCUT2D eigenvalue weighted by atomic mass is 127. The van der Waals surface area contributed by atoms with Crippen LogP contribution in [0.2, 0.25) is 0 Å². The molecule has 0 saturated carbocycles. The number of hydrogen-bond donors (Lipinski definition) is 1. The van der Waals surface area contributed by atoms with Crippen molar-refractivity contribution in [3.8, 4) is 0 Å². The maximum absolute atomic E-state index is 5.68. The predicted octanol–water partition coefficient (Wildman–Crippen LogP) is 3.01. The van der Waals surface area contributed by atoms with Gasteiger partial charge in [0, 0.05) is 22.0 Å². The van der Waals surface area contributed by atoms with Crippen LogP contribution in [0.5, 0.6) is 0 Å². The van der Waals surface area contributed by atoms with Crippen LogP contribution in [0.25, 0.3) is 0 Å². The van der Waals surface area contributed by atoms with Crippen LogP contribution in [0.4, 0.5) is 0 Å². The van der Waals surface area contributed by atoms with E-state index in [4.69, 9.17) is 11.6 Å². The summed E-state index contributed by atoms with van der Waals surface area (Å²) >= 11 is 7.98. The van der Waals surface area contributed by atoms with Crippen molar-refractivity contribution < 1.29 is 0 Å². The summed E-state index contributed by atoms with van der Waals surface area (Å²) in [7, 11) is 0. The summed E-state index contributed by atoms with van der Waals surface area (Å²) in [6, 6.07) is 8.87.